The molecule has 1 unspecified atom stereocenters. The first kappa shape index (κ1) is 10.9. The molecule has 0 aromatic rings. The molecule has 0 aliphatic carbocycles. The third-order valence-electron chi connectivity index (χ3n) is 3.86. The van der Waals surface area contributed by atoms with E-state index in [4.69, 9.17) is 0 Å². The molecule has 0 aromatic carbocycles. The number of hydrogen-bond donors (Lipinski definition) is 1. The number of carbonyl (C=O) groups excluding carboxylic acids is 1. The van der Waals surface area contributed by atoms with E-state index in [0.717, 1.165) is 38.5 Å². The van der Waals surface area contributed by atoms with Crippen LogP contribution in [0.2, 0.25) is 0 Å². The number of rotatable bonds is 4. The van der Waals surface area contributed by atoms with Crippen LogP contribution in [0.4, 0.5) is 0 Å². The van der Waals surface area contributed by atoms with E-state index in [9.17, 15) is 4.79 Å². The van der Waals surface area contributed by atoms with Gasteiger partial charge < -0.3 is 10.2 Å². The number of nitrogens with zero attached hydrogens (tertiary/aromatic N) is 1. The summed E-state index contributed by atoms with van der Waals surface area (Å²) in [4.78, 5) is 13.8. The molecule has 2 rings (SSSR count). The van der Waals surface area contributed by atoms with Gasteiger partial charge in [0, 0.05) is 19.5 Å². The molecule has 0 aromatic heterocycles. The maximum Gasteiger partial charge on any atom is 0.222 e. The molecule has 0 radical (unpaired) electrons. The second-order valence-electron chi connectivity index (χ2n) is 5.36. The summed E-state index contributed by atoms with van der Waals surface area (Å²) in [6, 6.07) is 0. The summed E-state index contributed by atoms with van der Waals surface area (Å²) in [6.07, 6.45) is 1.96. The van der Waals surface area contributed by atoms with Gasteiger partial charge in [-0.05, 0) is 37.3 Å². The molecule has 1 N–H and O–H groups in total. The lowest BCUT2D eigenvalue weighted by Gasteiger charge is -2.29. The van der Waals surface area contributed by atoms with Crippen molar-refractivity contribution in [1.82, 2.24) is 10.2 Å². The fourth-order valence-corrected chi connectivity index (χ4v) is 2.36. The minimum absolute atomic E-state index is 0.376. The zero-order valence-corrected chi connectivity index (χ0v) is 9.83. The van der Waals surface area contributed by atoms with E-state index in [1.165, 1.54) is 6.42 Å². The lowest BCUT2D eigenvalue weighted by Crippen LogP contribution is -2.43. The van der Waals surface area contributed by atoms with E-state index in [2.05, 4.69) is 24.1 Å². The summed E-state index contributed by atoms with van der Waals surface area (Å²) in [7, 11) is 0. The minimum atomic E-state index is 0.376. The van der Waals surface area contributed by atoms with Gasteiger partial charge in [-0.2, -0.15) is 0 Å². The van der Waals surface area contributed by atoms with Gasteiger partial charge in [0.25, 0.3) is 0 Å². The smallest absolute Gasteiger partial charge is 0.222 e. The van der Waals surface area contributed by atoms with E-state index in [-0.39, 0.29) is 0 Å². The van der Waals surface area contributed by atoms with Crippen LogP contribution in [0.15, 0.2) is 0 Å². The van der Waals surface area contributed by atoms with E-state index in [1.807, 2.05) is 0 Å². The van der Waals surface area contributed by atoms with Crippen molar-refractivity contribution >= 4 is 5.91 Å². The fourth-order valence-electron chi connectivity index (χ4n) is 2.36. The summed E-state index contributed by atoms with van der Waals surface area (Å²) in [5.74, 6) is 2.43. The van der Waals surface area contributed by atoms with Gasteiger partial charge in [0.1, 0.15) is 0 Å². The molecule has 2 fully saturated rings. The molecule has 3 nitrogen and oxygen atoms in total. The molecule has 2 heterocycles. The molecule has 1 amide bonds. The standard InChI is InChI=1S/C12H22N2O/c1-9(2)11-5-12(15)14(8-11)4-3-10-6-13-7-10/h9-11,13H,3-8H2,1-2H3. The number of amides is 1. The zero-order valence-electron chi connectivity index (χ0n) is 9.83. The quantitative estimate of drug-likeness (QED) is 0.753. The Morgan fingerprint density at radius 2 is 2.20 bits per heavy atom. The van der Waals surface area contributed by atoms with Crippen molar-refractivity contribution in [1.29, 1.82) is 0 Å². The number of likely N-dealkylation sites (tertiary alicyclic amines) is 1. The van der Waals surface area contributed by atoms with Crippen molar-refractivity contribution in [2.24, 2.45) is 17.8 Å². The van der Waals surface area contributed by atoms with Crippen LogP contribution >= 0.6 is 0 Å². The lowest BCUT2D eigenvalue weighted by atomic mass is 9.95. The molecule has 0 spiro atoms. The Kier molecular flexibility index (Phi) is 3.29. The van der Waals surface area contributed by atoms with E-state index in [0.29, 0.717) is 17.7 Å². The molecule has 0 saturated carbocycles. The van der Waals surface area contributed by atoms with E-state index >= 15 is 0 Å². The molecule has 2 aliphatic rings. The molecule has 15 heavy (non-hydrogen) atoms. The molecule has 86 valence electrons. The Labute approximate surface area is 92.2 Å². The lowest BCUT2D eigenvalue weighted by molar-refractivity contribution is -0.127. The highest BCUT2D eigenvalue weighted by atomic mass is 16.2. The topological polar surface area (TPSA) is 32.3 Å². The van der Waals surface area contributed by atoms with E-state index < -0.39 is 0 Å². The van der Waals surface area contributed by atoms with Gasteiger partial charge >= 0.3 is 0 Å². The van der Waals surface area contributed by atoms with Crippen molar-refractivity contribution in [3.63, 3.8) is 0 Å². The minimum Gasteiger partial charge on any atom is -0.342 e. The summed E-state index contributed by atoms with van der Waals surface area (Å²) in [6.45, 7) is 8.71. The van der Waals surface area contributed by atoms with E-state index in [1.54, 1.807) is 0 Å². The highest BCUT2D eigenvalue weighted by molar-refractivity contribution is 5.78. The Balaban J connectivity index is 1.75. The van der Waals surface area contributed by atoms with Gasteiger partial charge in [0.15, 0.2) is 0 Å². The van der Waals surface area contributed by atoms with Gasteiger partial charge in [0.2, 0.25) is 5.91 Å². The van der Waals surface area contributed by atoms with Gasteiger partial charge in [-0.25, -0.2) is 0 Å². The van der Waals surface area contributed by atoms with Crippen LogP contribution in [0.3, 0.4) is 0 Å². The first-order chi connectivity index (χ1) is 7.16. The molecule has 2 aliphatic heterocycles. The molecular formula is C12H22N2O. The fraction of sp³-hybridized carbons (Fsp3) is 0.917. The molecular weight excluding hydrogens is 188 g/mol. The Morgan fingerprint density at radius 3 is 2.67 bits per heavy atom. The third-order valence-corrected chi connectivity index (χ3v) is 3.86. The first-order valence-corrected chi connectivity index (χ1v) is 6.15. The van der Waals surface area contributed by atoms with Crippen LogP contribution in [0.25, 0.3) is 0 Å². The molecule has 0 bridgehead atoms. The Hall–Kier alpha value is -0.570. The van der Waals surface area contributed by atoms with Gasteiger partial charge in [-0.3, -0.25) is 4.79 Å². The third kappa shape index (κ3) is 2.51. The maximum absolute atomic E-state index is 11.7. The summed E-state index contributed by atoms with van der Waals surface area (Å²) >= 11 is 0. The highest BCUT2D eigenvalue weighted by Crippen LogP contribution is 2.25. The van der Waals surface area contributed by atoms with Crippen molar-refractivity contribution in [3.05, 3.63) is 0 Å². The number of nitrogens with one attached hydrogen (secondary N) is 1. The van der Waals surface area contributed by atoms with Crippen LogP contribution in [0.5, 0.6) is 0 Å². The van der Waals surface area contributed by atoms with Crippen LogP contribution < -0.4 is 5.32 Å². The average molecular weight is 210 g/mol. The van der Waals surface area contributed by atoms with Crippen molar-refractivity contribution < 1.29 is 4.79 Å². The largest absolute Gasteiger partial charge is 0.342 e. The molecule has 2 saturated heterocycles. The highest BCUT2D eigenvalue weighted by Gasteiger charge is 2.31. The van der Waals surface area contributed by atoms with Crippen molar-refractivity contribution in [2.75, 3.05) is 26.2 Å². The number of carbonyl (C=O) groups is 1. The second-order valence-corrected chi connectivity index (χ2v) is 5.36. The molecule has 1 atom stereocenters. The van der Waals surface area contributed by atoms with Crippen LogP contribution in [-0.4, -0.2) is 37.0 Å². The van der Waals surface area contributed by atoms with Crippen LogP contribution in [0.1, 0.15) is 26.7 Å². The monoisotopic (exact) mass is 210 g/mol. The van der Waals surface area contributed by atoms with Gasteiger partial charge in [-0.15, -0.1) is 0 Å². The second kappa shape index (κ2) is 4.52. The van der Waals surface area contributed by atoms with Crippen LogP contribution in [-0.2, 0) is 4.79 Å². The van der Waals surface area contributed by atoms with Crippen molar-refractivity contribution in [3.8, 4) is 0 Å². The van der Waals surface area contributed by atoms with Gasteiger partial charge in [-0.1, -0.05) is 13.8 Å². The Bertz CT molecular complexity index is 236. The normalized spacial score (nSPS) is 27.5. The van der Waals surface area contributed by atoms with Crippen LogP contribution in [0, 0.1) is 17.8 Å². The van der Waals surface area contributed by atoms with Gasteiger partial charge in [0.05, 0.1) is 0 Å². The van der Waals surface area contributed by atoms with Crippen molar-refractivity contribution in [2.45, 2.75) is 26.7 Å². The summed E-state index contributed by atoms with van der Waals surface area (Å²) in [5, 5.41) is 3.27. The zero-order chi connectivity index (χ0) is 10.8. The maximum atomic E-state index is 11.7. The first-order valence-electron chi connectivity index (χ1n) is 6.15. The Morgan fingerprint density at radius 1 is 1.47 bits per heavy atom. The summed E-state index contributed by atoms with van der Waals surface area (Å²) < 4.78 is 0. The average Bonchev–Trinajstić information content (AvgIpc) is 2.45. The SMILES string of the molecule is CC(C)C1CC(=O)N(CCC2CNC2)C1. The number of hydrogen-bond acceptors (Lipinski definition) is 2. The predicted molar refractivity (Wildman–Crippen MR) is 60.5 cm³/mol. The summed E-state index contributed by atoms with van der Waals surface area (Å²) in [5.41, 5.74) is 0. The predicted octanol–water partition coefficient (Wildman–Crippen LogP) is 1.10. The molecule has 3 heteroatoms.